The average molecular weight is 274 g/mol. The van der Waals surface area contributed by atoms with Crippen LogP contribution in [-0.2, 0) is 6.42 Å². The molecule has 0 atom stereocenters. The number of anilines is 1. The Morgan fingerprint density at radius 3 is 3.11 bits per heavy atom. The van der Waals surface area contributed by atoms with Gasteiger partial charge in [-0.2, -0.15) is 0 Å². The Morgan fingerprint density at radius 2 is 2.32 bits per heavy atom. The maximum absolute atomic E-state index is 12.5. The fourth-order valence-electron chi connectivity index (χ4n) is 2.09. The molecule has 4 nitrogen and oxygen atoms in total. The van der Waals surface area contributed by atoms with E-state index in [9.17, 15) is 4.79 Å². The van der Waals surface area contributed by atoms with Crippen molar-refractivity contribution in [2.45, 2.75) is 13.3 Å². The molecule has 0 unspecified atom stereocenters. The summed E-state index contributed by atoms with van der Waals surface area (Å²) in [6.07, 6.45) is 2.53. The molecule has 2 heterocycles. The second kappa shape index (κ2) is 5.01. The number of nitrogens with zero attached hydrogens (tertiary/aromatic N) is 2. The monoisotopic (exact) mass is 274 g/mol. The lowest BCUT2D eigenvalue weighted by atomic mass is 10.2. The Bertz CT molecular complexity index is 609. The van der Waals surface area contributed by atoms with Gasteiger partial charge < -0.3 is 9.64 Å². The van der Waals surface area contributed by atoms with Crippen LogP contribution in [0.1, 0.15) is 21.6 Å². The number of para-hydroxylation sites is 2. The molecule has 1 aromatic heterocycles. The predicted octanol–water partition coefficient (Wildman–Crippen LogP) is 2.74. The highest BCUT2D eigenvalue weighted by molar-refractivity contribution is 7.13. The first kappa shape index (κ1) is 12.2. The molecule has 3 rings (SSSR count). The van der Waals surface area contributed by atoms with Gasteiger partial charge in [0.1, 0.15) is 17.2 Å². The number of hydrogen-bond donors (Lipinski definition) is 0. The van der Waals surface area contributed by atoms with Gasteiger partial charge >= 0.3 is 0 Å². The Hall–Kier alpha value is -1.88. The summed E-state index contributed by atoms with van der Waals surface area (Å²) in [6.45, 7) is 3.15. The molecule has 98 valence electrons. The molecule has 2 aromatic rings. The molecule has 1 amide bonds. The second-order valence-electron chi connectivity index (χ2n) is 4.24. The smallest absolute Gasteiger partial charge is 0.270 e. The highest BCUT2D eigenvalue weighted by atomic mass is 32.1. The zero-order chi connectivity index (χ0) is 13.2. The summed E-state index contributed by atoms with van der Waals surface area (Å²) in [7, 11) is 0. The lowest BCUT2D eigenvalue weighted by molar-refractivity contribution is 0.0980. The molecule has 5 heteroatoms. The topological polar surface area (TPSA) is 42.4 Å². The molecule has 1 aliphatic heterocycles. The fourth-order valence-corrected chi connectivity index (χ4v) is 2.89. The minimum Gasteiger partial charge on any atom is -0.490 e. The summed E-state index contributed by atoms with van der Waals surface area (Å²) in [5, 5.41) is 0.991. The van der Waals surface area contributed by atoms with Crippen molar-refractivity contribution in [3.05, 3.63) is 40.3 Å². The van der Waals surface area contributed by atoms with Gasteiger partial charge in [-0.25, -0.2) is 4.98 Å². The van der Waals surface area contributed by atoms with Gasteiger partial charge in [-0.05, 0) is 18.6 Å². The van der Waals surface area contributed by atoms with Gasteiger partial charge in [0.15, 0.2) is 0 Å². The van der Waals surface area contributed by atoms with Crippen LogP contribution >= 0.6 is 11.3 Å². The van der Waals surface area contributed by atoms with Gasteiger partial charge in [0.25, 0.3) is 5.91 Å². The maximum Gasteiger partial charge on any atom is 0.270 e. The number of benzene rings is 1. The van der Waals surface area contributed by atoms with E-state index in [0.29, 0.717) is 18.0 Å². The second-order valence-corrected chi connectivity index (χ2v) is 5.36. The minimum atomic E-state index is 0.00736. The van der Waals surface area contributed by atoms with E-state index < -0.39 is 0 Å². The van der Waals surface area contributed by atoms with Gasteiger partial charge in [0.05, 0.1) is 23.4 Å². The third-order valence-electron chi connectivity index (χ3n) is 3.04. The molecule has 0 saturated carbocycles. The van der Waals surface area contributed by atoms with E-state index in [-0.39, 0.29) is 5.91 Å². The number of aromatic nitrogens is 1. The first-order valence-electron chi connectivity index (χ1n) is 6.28. The first-order chi connectivity index (χ1) is 9.29. The number of thiazole rings is 1. The van der Waals surface area contributed by atoms with E-state index in [0.717, 1.165) is 22.9 Å². The summed E-state index contributed by atoms with van der Waals surface area (Å²) < 4.78 is 5.56. The van der Waals surface area contributed by atoms with Crippen molar-refractivity contribution in [1.82, 2.24) is 4.98 Å². The SMILES string of the molecule is CCc1ncc(C(=O)N2CCOc3ccccc32)s1. The molecular weight excluding hydrogens is 260 g/mol. The van der Waals surface area contributed by atoms with E-state index in [1.807, 2.05) is 31.2 Å². The van der Waals surface area contributed by atoms with Crippen LogP contribution in [0.2, 0.25) is 0 Å². The summed E-state index contributed by atoms with van der Waals surface area (Å²) in [5.41, 5.74) is 0.838. The number of rotatable bonds is 2. The lowest BCUT2D eigenvalue weighted by Crippen LogP contribution is -2.37. The molecule has 1 aliphatic rings. The number of carbonyl (C=O) groups is 1. The molecule has 0 fully saturated rings. The van der Waals surface area contributed by atoms with Crippen LogP contribution < -0.4 is 9.64 Å². The lowest BCUT2D eigenvalue weighted by Gasteiger charge is -2.28. The van der Waals surface area contributed by atoms with E-state index in [4.69, 9.17) is 4.74 Å². The Labute approximate surface area is 115 Å². The highest BCUT2D eigenvalue weighted by Crippen LogP contribution is 2.32. The zero-order valence-electron chi connectivity index (χ0n) is 10.6. The van der Waals surface area contributed by atoms with Gasteiger partial charge in [-0.15, -0.1) is 11.3 Å². The average Bonchev–Trinajstić information content (AvgIpc) is 2.95. The molecular formula is C14H14N2O2S. The summed E-state index contributed by atoms with van der Waals surface area (Å²) in [5.74, 6) is 0.773. The van der Waals surface area contributed by atoms with Crippen LogP contribution in [-0.4, -0.2) is 24.0 Å². The summed E-state index contributed by atoms with van der Waals surface area (Å²) >= 11 is 1.47. The molecule has 0 spiro atoms. The number of ether oxygens (including phenoxy) is 1. The van der Waals surface area contributed by atoms with E-state index in [2.05, 4.69) is 4.98 Å². The Morgan fingerprint density at radius 1 is 1.47 bits per heavy atom. The van der Waals surface area contributed by atoms with Crippen LogP contribution in [0.15, 0.2) is 30.5 Å². The van der Waals surface area contributed by atoms with Gasteiger partial charge in [-0.3, -0.25) is 4.79 Å². The van der Waals surface area contributed by atoms with E-state index >= 15 is 0 Å². The summed E-state index contributed by atoms with van der Waals surface area (Å²) in [6, 6.07) is 7.62. The third-order valence-corrected chi connectivity index (χ3v) is 4.17. The number of fused-ring (bicyclic) bond motifs is 1. The van der Waals surface area contributed by atoms with E-state index in [1.165, 1.54) is 11.3 Å². The minimum absolute atomic E-state index is 0.00736. The van der Waals surface area contributed by atoms with Gasteiger partial charge in [-0.1, -0.05) is 19.1 Å². The van der Waals surface area contributed by atoms with Gasteiger partial charge in [0, 0.05) is 0 Å². The van der Waals surface area contributed by atoms with Crippen molar-refractivity contribution in [1.29, 1.82) is 0 Å². The normalized spacial score (nSPS) is 13.8. The van der Waals surface area contributed by atoms with Crippen LogP contribution in [0.3, 0.4) is 0 Å². The number of hydrogen-bond acceptors (Lipinski definition) is 4. The molecule has 19 heavy (non-hydrogen) atoms. The van der Waals surface area contributed by atoms with Crippen LogP contribution in [0.25, 0.3) is 0 Å². The van der Waals surface area contributed by atoms with Crippen molar-refractivity contribution in [3.63, 3.8) is 0 Å². The molecule has 0 aliphatic carbocycles. The van der Waals surface area contributed by atoms with E-state index in [1.54, 1.807) is 11.1 Å². The van der Waals surface area contributed by atoms with Crippen molar-refractivity contribution >= 4 is 22.9 Å². The largest absolute Gasteiger partial charge is 0.490 e. The quantitative estimate of drug-likeness (QED) is 0.845. The maximum atomic E-state index is 12.5. The molecule has 0 saturated heterocycles. The predicted molar refractivity (Wildman–Crippen MR) is 75.1 cm³/mol. The fraction of sp³-hybridized carbons (Fsp3) is 0.286. The highest BCUT2D eigenvalue weighted by Gasteiger charge is 2.25. The van der Waals surface area contributed by atoms with Crippen molar-refractivity contribution in [2.24, 2.45) is 0 Å². The summed E-state index contributed by atoms with van der Waals surface area (Å²) in [4.78, 5) is 19.2. The van der Waals surface area contributed by atoms with Gasteiger partial charge in [0.2, 0.25) is 0 Å². The molecule has 0 bridgehead atoms. The van der Waals surface area contributed by atoms with Crippen LogP contribution in [0.4, 0.5) is 5.69 Å². The van der Waals surface area contributed by atoms with Crippen LogP contribution in [0.5, 0.6) is 5.75 Å². The number of amides is 1. The molecule has 0 N–H and O–H groups in total. The number of carbonyl (C=O) groups excluding carboxylic acids is 1. The van der Waals surface area contributed by atoms with Crippen LogP contribution in [0, 0.1) is 0 Å². The van der Waals surface area contributed by atoms with Crippen molar-refractivity contribution in [3.8, 4) is 5.75 Å². The third kappa shape index (κ3) is 2.21. The molecule has 0 radical (unpaired) electrons. The zero-order valence-corrected chi connectivity index (χ0v) is 11.4. The Kier molecular flexibility index (Phi) is 3.21. The standard InChI is InChI=1S/C14H14N2O2S/c1-2-13-15-9-12(19-13)14(17)16-7-8-18-11-6-4-3-5-10(11)16/h3-6,9H,2,7-8H2,1H3. The van der Waals surface area contributed by atoms with Crippen molar-refractivity contribution in [2.75, 3.05) is 18.1 Å². The Balaban J connectivity index is 1.93. The first-order valence-corrected chi connectivity index (χ1v) is 7.09. The van der Waals surface area contributed by atoms with Crippen molar-refractivity contribution < 1.29 is 9.53 Å². The molecule has 1 aromatic carbocycles. The number of aryl methyl sites for hydroxylation is 1.